The fourth-order valence-electron chi connectivity index (χ4n) is 4.71. The first-order chi connectivity index (χ1) is 9.05. The molecule has 0 aromatic carbocycles. The highest BCUT2D eigenvalue weighted by Crippen LogP contribution is 2.41. The first kappa shape index (κ1) is 13.8. The Balaban J connectivity index is 1.76. The number of piperidine rings is 1. The second-order valence-electron chi connectivity index (χ2n) is 7.56. The van der Waals surface area contributed by atoms with Crippen LogP contribution in [0.4, 0.5) is 0 Å². The molecule has 2 N–H and O–H groups in total. The lowest BCUT2D eigenvalue weighted by Crippen LogP contribution is -2.60. The van der Waals surface area contributed by atoms with E-state index in [2.05, 4.69) is 30.6 Å². The number of likely N-dealkylation sites (tertiary alicyclic amines) is 2. The van der Waals surface area contributed by atoms with E-state index in [1.165, 1.54) is 45.2 Å². The van der Waals surface area contributed by atoms with Gasteiger partial charge in [0.25, 0.3) is 0 Å². The minimum Gasteiger partial charge on any atom is -0.329 e. The topological polar surface area (TPSA) is 32.5 Å². The summed E-state index contributed by atoms with van der Waals surface area (Å²) in [4.78, 5) is 5.52. The number of hydrogen-bond acceptors (Lipinski definition) is 3. The zero-order chi connectivity index (χ0) is 13.6. The predicted molar refractivity (Wildman–Crippen MR) is 80.2 cm³/mol. The molecule has 3 aliphatic rings. The molecule has 0 amide bonds. The van der Waals surface area contributed by atoms with E-state index in [1.807, 2.05) is 0 Å². The van der Waals surface area contributed by atoms with E-state index in [-0.39, 0.29) is 5.54 Å². The van der Waals surface area contributed by atoms with Crippen LogP contribution in [0.2, 0.25) is 0 Å². The maximum atomic E-state index is 6.27. The van der Waals surface area contributed by atoms with E-state index in [9.17, 15) is 0 Å². The molecule has 3 rings (SSSR count). The van der Waals surface area contributed by atoms with Crippen molar-refractivity contribution in [3.8, 4) is 0 Å². The van der Waals surface area contributed by atoms with Crippen molar-refractivity contribution in [2.75, 3.05) is 19.6 Å². The SMILES string of the molecule is CC1CCN(C2(CN)CC(C)N(C3CC3)C2)C(C)C1. The summed E-state index contributed by atoms with van der Waals surface area (Å²) in [6.07, 6.45) is 6.80. The van der Waals surface area contributed by atoms with Crippen LogP contribution in [0.3, 0.4) is 0 Å². The third-order valence-corrected chi connectivity index (χ3v) is 5.86. The van der Waals surface area contributed by atoms with Gasteiger partial charge in [0.2, 0.25) is 0 Å². The number of rotatable bonds is 3. The van der Waals surface area contributed by atoms with Crippen LogP contribution in [0, 0.1) is 5.92 Å². The monoisotopic (exact) mass is 265 g/mol. The Morgan fingerprint density at radius 2 is 1.84 bits per heavy atom. The Bertz CT molecular complexity index is 328. The fraction of sp³-hybridized carbons (Fsp3) is 1.00. The van der Waals surface area contributed by atoms with Gasteiger partial charge in [-0.3, -0.25) is 9.80 Å². The molecule has 4 unspecified atom stereocenters. The number of hydrogen-bond donors (Lipinski definition) is 1. The summed E-state index contributed by atoms with van der Waals surface area (Å²) in [7, 11) is 0. The van der Waals surface area contributed by atoms with Gasteiger partial charge < -0.3 is 5.73 Å². The van der Waals surface area contributed by atoms with Crippen molar-refractivity contribution in [3.05, 3.63) is 0 Å². The van der Waals surface area contributed by atoms with Crippen LogP contribution in [-0.2, 0) is 0 Å². The zero-order valence-electron chi connectivity index (χ0n) is 12.9. The van der Waals surface area contributed by atoms with Crippen LogP contribution >= 0.6 is 0 Å². The molecule has 0 aromatic heterocycles. The van der Waals surface area contributed by atoms with E-state index in [0.29, 0.717) is 6.04 Å². The van der Waals surface area contributed by atoms with E-state index in [0.717, 1.165) is 24.5 Å². The molecule has 19 heavy (non-hydrogen) atoms. The van der Waals surface area contributed by atoms with E-state index in [4.69, 9.17) is 5.73 Å². The van der Waals surface area contributed by atoms with E-state index >= 15 is 0 Å². The minimum absolute atomic E-state index is 0.265. The highest BCUT2D eigenvalue weighted by molar-refractivity contribution is 5.08. The third-order valence-electron chi connectivity index (χ3n) is 5.86. The standard InChI is InChI=1S/C16H31N3/c1-12-6-7-19(13(2)8-12)16(10-17)9-14(3)18(11-16)15-4-5-15/h12-15H,4-11,17H2,1-3H3. The summed E-state index contributed by atoms with van der Waals surface area (Å²) in [5.41, 5.74) is 6.54. The van der Waals surface area contributed by atoms with Gasteiger partial charge in [-0.05, 0) is 58.4 Å². The van der Waals surface area contributed by atoms with E-state index in [1.54, 1.807) is 0 Å². The molecule has 3 fully saturated rings. The normalized spacial score (nSPS) is 45.8. The van der Waals surface area contributed by atoms with Crippen LogP contribution in [0.15, 0.2) is 0 Å². The van der Waals surface area contributed by atoms with Gasteiger partial charge in [-0.1, -0.05) is 6.92 Å². The Labute approximate surface area is 118 Å². The highest BCUT2D eigenvalue weighted by Gasteiger charge is 2.50. The lowest BCUT2D eigenvalue weighted by Gasteiger charge is -2.48. The van der Waals surface area contributed by atoms with Crippen LogP contribution in [0.5, 0.6) is 0 Å². The summed E-state index contributed by atoms with van der Waals surface area (Å²) < 4.78 is 0. The van der Waals surface area contributed by atoms with Crippen LogP contribution in [0.25, 0.3) is 0 Å². The van der Waals surface area contributed by atoms with Gasteiger partial charge in [0.15, 0.2) is 0 Å². The molecule has 0 bridgehead atoms. The van der Waals surface area contributed by atoms with Gasteiger partial charge in [0.1, 0.15) is 0 Å². The molecule has 2 heterocycles. The Morgan fingerprint density at radius 3 is 2.42 bits per heavy atom. The zero-order valence-corrected chi connectivity index (χ0v) is 12.9. The molecule has 0 radical (unpaired) electrons. The van der Waals surface area contributed by atoms with Crippen LogP contribution in [0.1, 0.15) is 52.9 Å². The molecule has 3 nitrogen and oxygen atoms in total. The third kappa shape index (κ3) is 2.45. The van der Waals surface area contributed by atoms with Gasteiger partial charge in [-0.15, -0.1) is 0 Å². The molecule has 0 spiro atoms. The van der Waals surface area contributed by atoms with Crippen molar-refractivity contribution in [2.45, 2.75) is 76.5 Å². The van der Waals surface area contributed by atoms with Gasteiger partial charge >= 0.3 is 0 Å². The predicted octanol–water partition coefficient (Wildman–Crippen LogP) is 2.06. The molecule has 0 aromatic rings. The van der Waals surface area contributed by atoms with Crippen molar-refractivity contribution < 1.29 is 0 Å². The summed E-state index contributed by atoms with van der Waals surface area (Å²) in [5, 5.41) is 0. The molecule has 2 saturated heterocycles. The van der Waals surface area contributed by atoms with E-state index < -0.39 is 0 Å². The Kier molecular flexibility index (Phi) is 3.65. The molecule has 1 aliphatic carbocycles. The lowest BCUT2D eigenvalue weighted by atomic mass is 9.85. The first-order valence-corrected chi connectivity index (χ1v) is 8.28. The van der Waals surface area contributed by atoms with Crippen LogP contribution in [-0.4, -0.2) is 53.1 Å². The average Bonchev–Trinajstić information content (AvgIpc) is 3.14. The smallest absolute Gasteiger partial charge is 0.0476 e. The minimum atomic E-state index is 0.265. The summed E-state index contributed by atoms with van der Waals surface area (Å²) in [5.74, 6) is 0.888. The quantitative estimate of drug-likeness (QED) is 0.848. The maximum Gasteiger partial charge on any atom is 0.0476 e. The van der Waals surface area contributed by atoms with Crippen molar-refractivity contribution in [3.63, 3.8) is 0 Å². The second-order valence-corrected chi connectivity index (χ2v) is 7.56. The highest BCUT2D eigenvalue weighted by atomic mass is 15.3. The molecule has 110 valence electrons. The van der Waals surface area contributed by atoms with Gasteiger partial charge in [0, 0.05) is 36.8 Å². The summed E-state index contributed by atoms with van der Waals surface area (Å²) >= 11 is 0. The lowest BCUT2D eigenvalue weighted by molar-refractivity contribution is 0.0193. The first-order valence-electron chi connectivity index (χ1n) is 8.28. The van der Waals surface area contributed by atoms with Gasteiger partial charge in [-0.2, -0.15) is 0 Å². The number of nitrogens with zero attached hydrogens (tertiary/aromatic N) is 2. The molecule has 2 aliphatic heterocycles. The average molecular weight is 265 g/mol. The number of nitrogens with two attached hydrogens (primary N) is 1. The molecular weight excluding hydrogens is 234 g/mol. The largest absolute Gasteiger partial charge is 0.329 e. The summed E-state index contributed by atoms with van der Waals surface area (Å²) in [6, 6.07) is 2.31. The van der Waals surface area contributed by atoms with Crippen molar-refractivity contribution in [2.24, 2.45) is 11.7 Å². The molecule has 3 heteroatoms. The second kappa shape index (κ2) is 5.01. The van der Waals surface area contributed by atoms with Crippen molar-refractivity contribution in [1.29, 1.82) is 0 Å². The van der Waals surface area contributed by atoms with Crippen LogP contribution < -0.4 is 5.73 Å². The maximum absolute atomic E-state index is 6.27. The summed E-state index contributed by atoms with van der Waals surface area (Å²) in [6.45, 7) is 10.5. The fourth-order valence-corrected chi connectivity index (χ4v) is 4.71. The molecule has 4 atom stereocenters. The van der Waals surface area contributed by atoms with Gasteiger partial charge in [0.05, 0.1) is 0 Å². The Morgan fingerprint density at radius 1 is 1.11 bits per heavy atom. The Hall–Kier alpha value is -0.120. The van der Waals surface area contributed by atoms with Gasteiger partial charge in [-0.25, -0.2) is 0 Å². The van der Waals surface area contributed by atoms with Crippen molar-refractivity contribution >= 4 is 0 Å². The molecule has 1 saturated carbocycles. The van der Waals surface area contributed by atoms with Crippen molar-refractivity contribution in [1.82, 2.24) is 9.80 Å². The molecular formula is C16H31N3.